The summed E-state index contributed by atoms with van der Waals surface area (Å²) in [5, 5.41) is 7.74. The lowest BCUT2D eigenvalue weighted by atomic mass is 10.2. The summed E-state index contributed by atoms with van der Waals surface area (Å²) in [7, 11) is 0. The number of fused-ring (bicyclic) bond motifs is 1. The second kappa shape index (κ2) is 7.37. The van der Waals surface area contributed by atoms with Gasteiger partial charge in [-0.1, -0.05) is 56.0 Å². The van der Waals surface area contributed by atoms with Crippen LogP contribution in [0.4, 0.5) is 11.5 Å². The summed E-state index contributed by atoms with van der Waals surface area (Å²) in [6, 6.07) is 10.0. The van der Waals surface area contributed by atoms with Gasteiger partial charge in [-0.15, -0.1) is 0 Å². The van der Waals surface area contributed by atoms with E-state index in [0.717, 1.165) is 18.7 Å². The molecule has 2 aromatic heterocycles. The van der Waals surface area contributed by atoms with Gasteiger partial charge in [0.2, 0.25) is 11.3 Å². The van der Waals surface area contributed by atoms with Crippen LogP contribution in [0, 0.1) is 0 Å². The normalized spacial score (nSPS) is 11.0. The van der Waals surface area contributed by atoms with Crippen molar-refractivity contribution in [2.24, 2.45) is 0 Å². The van der Waals surface area contributed by atoms with Gasteiger partial charge in [-0.3, -0.25) is 0 Å². The highest BCUT2D eigenvalue weighted by molar-refractivity contribution is 6.32. The van der Waals surface area contributed by atoms with Crippen molar-refractivity contribution in [1.82, 2.24) is 20.3 Å². The van der Waals surface area contributed by atoms with Crippen LogP contribution in [0.25, 0.3) is 11.3 Å². The molecule has 1 aromatic carbocycles. The summed E-state index contributed by atoms with van der Waals surface area (Å²) in [4.78, 5) is 10.8. The highest BCUT2D eigenvalue weighted by Crippen LogP contribution is 2.30. The van der Waals surface area contributed by atoms with Crippen molar-refractivity contribution < 1.29 is 4.63 Å². The lowest BCUT2D eigenvalue weighted by Crippen LogP contribution is -2.20. The van der Waals surface area contributed by atoms with Crippen molar-refractivity contribution in [2.45, 2.75) is 32.6 Å². The topological polar surface area (TPSA) is 67.9 Å². The fraction of sp³-hybridized carbons (Fsp3) is 0.375. The van der Waals surface area contributed by atoms with Crippen molar-refractivity contribution in [3.8, 4) is 0 Å². The Kier molecular flexibility index (Phi) is 5.02. The van der Waals surface area contributed by atoms with Crippen LogP contribution in [0.3, 0.4) is 0 Å². The van der Waals surface area contributed by atoms with Gasteiger partial charge < -0.3 is 4.90 Å². The summed E-state index contributed by atoms with van der Waals surface area (Å²) in [6.45, 7) is 3.01. The van der Waals surface area contributed by atoms with Gasteiger partial charge in [0.25, 0.3) is 0 Å². The Morgan fingerprint density at radius 1 is 1.00 bits per heavy atom. The maximum absolute atomic E-state index is 6.32. The quantitative estimate of drug-likeness (QED) is 0.598. The van der Waals surface area contributed by atoms with Crippen molar-refractivity contribution in [3.05, 3.63) is 35.5 Å². The molecule has 0 atom stereocenters. The van der Waals surface area contributed by atoms with Crippen LogP contribution in [0.2, 0.25) is 5.15 Å². The number of anilines is 2. The van der Waals surface area contributed by atoms with E-state index in [1.54, 1.807) is 0 Å². The molecular weight excluding hydrogens is 314 g/mol. The first-order valence-electron chi connectivity index (χ1n) is 7.78. The molecule has 0 bridgehead atoms. The molecule has 2 heterocycles. The van der Waals surface area contributed by atoms with E-state index < -0.39 is 0 Å². The minimum absolute atomic E-state index is 0.299. The molecule has 23 heavy (non-hydrogen) atoms. The number of aromatic nitrogens is 4. The molecule has 3 aromatic rings. The average Bonchev–Trinajstić information content (AvgIpc) is 3.02. The Morgan fingerprint density at radius 3 is 2.48 bits per heavy atom. The highest BCUT2D eigenvalue weighted by Gasteiger charge is 2.18. The van der Waals surface area contributed by atoms with Crippen LogP contribution >= 0.6 is 11.6 Å². The number of para-hydroxylation sites is 1. The minimum Gasteiger partial charge on any atom is -0.324 e. The maximum Gasteiger partial charge on any atom is 0.245 e. The summed E-state index contributed by atoms with van der Waals surface area (Å²) in [6.07, 6.45) is 4.63. The number of unbranched alkanes of at least 4 members (excludes halogenated alkanes) is 3. The van der Waals surface area contributed by atoms with Crippen LogP contribution in [-0.2, 0) is 0 Å². The zero-order valence-corrected chi connectivity index (χ0v) is 13.7. The van der Waals surface area contributed by atoms with Crippen LogP contribution in [0.1, 0.15) is 32.6 Å². The first kappa shape index (κ1) is 15.7. The van der Waals surface area contributed by atoms with E-state index in [4.69, 9.17) is 11.6 Å². The molecule has 0 saturated carbocycles. The summed E-state index contributed by atoms with van der Waals surface area (Å²) < 4.78 is 4.67. The van der Waals surface area contributed by atoms with Crippen LogP contribution in [0.5, 0.6) is 0 Å². The third-order valence-electron chi connectivity index (χ3n) is 3.61. The number of rotatable bonds is 7. The average molecular weight is 332 g/mol. The number of hydrogen-bond donors (Lipinski definition) is 0. The Hall–Kier alpha value is -2.21. The van der Waals surface area contributed by atoms with Gasteiger partial charge in [0.05, 0.1) is 0 Å². The van der Waals surface area contributed by atoms with E-state index >= 15 is 0 Å². The molecule has 6 nitrogen and oxygen atoms in total. The van der Waals surface area contributed by atoms with Crippen molar-refractivity contribution in [1.29, 1.82) is 0 Å². The lowest BCUT2D eigenvalue weighted by Gasteiger charge is -2.24. The molecule has 7 heteroatoms. The van der Waals surface area contributed by atoms with Gasteiger partial charge in [-0.05, 0) is 28.9 Å². The molecule has 0 unspecified atom stereocenters. The SMILES string of the molecule is CCCCCCN(c1ccccc1)c1nc2nonc2nc1Cl. The Labute approximate surface area is 139 Å². The largest absolute Gasteiger partial charge is 0.324 e. The number of nitrogens with zero attached hydrogens (tertiary/aromatic N) is 5. The first-order chi connectivity index (χ1) is 11.3. The van der Waals surface area contributed by atoms with E-state index in [2.05, 4.69) is 36.7 Å². The fourth-order valence-electron chi connectivity index (χ4n) is 2.44. The van der Waals surface area contributed by atoms with Gasteiger partial charge in [0.15, 0.2) is 11.0 Å². The molecule has 3 rings (SSSR count). The maximum atomic E-state index is 6.32. The van der Waals surface area contributed by atoms with E-state index in [0.29, 0.717) is 22.3 Å². The molecule has 120 valence electrons. The first-order valence-corrected chi connectivity index (χ1v) is 8.15. The molecular formula is C16H18ClN5O. The molecule has 0 aliphatic rings. The molecule has 0 N–H and O–H groups in total. The zero-order chi connectivity index (χ0) is 16.1. The fourth-order valence-corrected chi connectivity index (χ4v) is 2.67. The third kappa shape index (κ3) is 3.59. The van der Waals surface area contributed by atoms with E-state index in [1.165, 1.54) is 19.3 Å². The third-order valence-corrected chi connectivity index (χ3v) is 3.87. The van der Waals surface area contributed by atoms with E-state index in [9.17, 15) is 0 Å². The van der Waals surface area contributed by atoms with E-state index in [-0.39, 0.29) is 0 Å². The molecule has 0 fully saturated rings. The monoisotopic (exact) mass is 331 g/mol. The second-order valence-corrected chi connectivity index (χ2v) is 5.66. The van der Waals surface area contributed by atoms with Gasteiger partial charge in [-0.2, -0.15) is 0 Å². The standard InChI is InChI=1S/C16H18ClN5O/c1-2-3-4-8-11-22(12-9-6-5-7-10-12)16-13(17)18-14-15(19-16)21-23-20-14/h5-7,9-10H,2-4,8,11H2,1H3. The van der Waals surface area contributed by atoms with Crippen molar-refractivity contribution >= 4 is 34.4 Å². The van der Waals surface area contributed by atoms with Gasteiger partial charge >= 0.3 is 0 Å². The van der Waals surface area contributed by atoms with Crippen LogP contribution < -0.4 is 4.90 Å². The lowest BCUT2D eigenvalue weighted by molar-refractivity contribution is 0.314. The number of benzene rings is 1. The summed E-state index contributed by atoms with van der Waals surface area (Å²) in [5.41, 5.74) is 1.70. The molecule has 0 amide bonds. The zero-order valence-electron chi connectivity index (χ0n) is 12.9. The van der Waals surface area contributed by atoms with Gasteiger partial charge in [0, 0.05) is 12.2 Å². The molecule has 0 aliphatic carbocycles. The molecule has 0 aliphatic heterocycles. The Balaban J connectivity index is 1.93. The summed E-state index contributed by atoms with van der Waals surface area (Å²) in [5.74, 6) is 0.581. The van der Waals surface area contributed by atoms with Crippen LogP contribution in [0.15, 0.2) is 35.0 Å². The second-order valence-electron chi connectivity index (χ2n) is 5.30. The number of halogens is 1. The predicted octanol–water partition coefficient (Wildman–Crippen LogP) is 4.38. The minimum atomic E-state index is 0.299. The molecule has 0 radical (unpaired) electrons. The molecule has 0 spiro atoms. The smallest absolute Gasteiger partial charge is 0.245 e. The summed E-state index contributed by atoms with van der Waals surface area (Å²) >= 11 is 6.32. The Morgan fingerprint density at radius 2 is 1.74 bits per heavy atom. The van der Waals surface area contributed by atoms with Crippen LogP contribution in [-0.4, -0.2) is 26.8 Å². The predicted molar refractivity (Wildman–Crippen MR) is 90.0 cm³/mol. The number of hydrogen-bond acceptors (Lipinski definition) is 6. The van der Waals surface area contributed by atoms with E-state index in [1.807, 2.05) is 30.3 Å². The van der Waals surface area contributed by atoms with Gasteiger partial charge in [0.1, 0.15) is 0 Å². The van der Waals surface area contributed by atoms with Gasteiger partial charge in [-0.25, -0.2) is 14.6 Å². The molecule has 0 saturated heterocycles. The van der Waals surface area contributed by atoms with Crippen molar-refractivity contribution in [2.75, 3.05) is 11.4 Å². The Bertz CT molecular complexity index is 762. The van der Waals surface area contributed by atoms with Crippen molar-refractivity contribution in [3.63, 3.8) is 0 Å². The highest BCUT2D eigenvalue weighted by atomic mass is 35.5.